The number of aromatic nitrogens is 4. The lowest BCUT2D eigenvalue weighted by molar-refractivity contribution is -0.120. The number of carbonyl (C=O) groups excluding carboxylic acids is 1. The number of anilines is 1. The summed E-state index contributed by atoms with van der Waals surface area (Å²) in [4.78, 5) is 14.2. The Morgan fingerprint density at radius 2 is 1.70 bits per heavy atom. The normalized spacial score (nSPS) is 13.3. The van der Waals surface area contributed by atoms with Crippen LogP contribution in [0.4, 0.5) is 5.69 Å². The zero-order valence-corrected chi connectivity index (χ0v) is 12.5. The number of aryl methyl sites for hydroxylation is 1. The Labute approximate surface area is 133 Å². The van der Waals surface area contributed by atoms with Crippen LogP contribution in [0.2, 0.25) is 0 Å². The predicted molar refractivity (Wildman–Crippen MR) is 85.3 cm³/mol. The van der Waals surface area contributed by atoms with Crippen LogP contribution in [0.5, 0.6) is 0 Å². The Hall–Kier alpha value is -3.06. The fourth-order valence-electron chi connectivity index (χ4n) is 2.26. The van der Waals surface area contributed by atoms with Gasteiger partial charge in [0.2, 0.25) is 5.82 Å². The summed E-state index contributed by atoms with van der Waals surface area (Å²) in [6.45, 7) is 0. The topological polar surface area (TPSA) is 98.7 Å². The summed E-state index contributed by atoms with van der Waals surface area (Å²) >= 11 is 0. The SMILES string of the molecule is Cn1nnc(C(N)(C(=O)Nc2ccccc2)c2ccccc2)n1. The van der Waals surface area contributed by atoms with Gasteiger partial charge in [0.05, 0.1) is 7.05 Å². The van der Waals surface area contributed by atoms with Gasteiger partial charge < -0.3 is 11.1 Å². The van der Waals surface area contributed by atoms with E-state index in [-0.39, 0.29) is 5.82 Å². The molecule has 3 rings (SSSR count). The monoisotopic (exact) mass is 308 g/mol. The molecule has 1 aromatic heterocycles. The number of hydrogen-bond donors (Lipinski definition) is 2. The molecule has 0 saturated carbocycles. The van der Waals surface area contributed by atoms with Crippen molar-refractivity contribution in [2.24, 2.45) is 12.8 Å². The summed E-state index contributed by atoms with van der Waals surface area (Å²) in [5.74, 6) is -0.289. The first-order valence-electron chi connectivity index (χ1n) is 7.06. The molecule has 0 bridgehead atoms. The number of rotatable bonds is 4. The Balaban J connectivity index is 2.03. The molecule has 0 radical (unpaired) electrons. The van der Waals surface area contributed by atoms with Crippen LogP contribution in [0.3, 0.4) is 0 Å². The van der Waals surface area contributed by atoms with E-state index in [1.807, 2.05) is 36.4 Å². The Kier molecular flexibility index (Phi) is 3.86. The molecule has 0 aliphatic carbocycles. The molecule has 1 heterocycles. The Bertz CT molecular complexity index is 802. The summed E-state index contributed by atoms with van der Waals surface area (Å²) in [5, 5.41) is 14.7. The average molecular weight is 308 g/mol. The van der Waals surface area contributed by atoms with Crippen LogP contribution >= 0.6 is 0 Å². The highest BCUT2D eigenvalue weighted by Crippen LogP contribution is 2.25. The first kappa shape index (κ1) is 14.9. The van der Waals surface area contributed by atoms with E-state index in [0.717, 1.165) is 0 Å². The van der Waals surface area contributed by atoms with E-state index in [1.54, 1.807) is 31.3 Å². The van der Waals surface area contributed by atoms with E-state index in [4.69, 9.17) is 5.73 Å². The molecule has 0 aliphatic rings. The van der Waals surface area contributed by atoms with Crippen molar-refractivity contribution < 1.29 is 4.79 Å². The van der Waals surface area contributed by atoms with Crippen molar-refractivity contribution in [2.75, 3.05) is 5.32 Å². The quantitative estimate of drug-likeness (QED) is 0.750. The zero-order chi connectivity index (χ0) is 16.3. The van der Waals surface area contributed by atoms with Crippen molar-refractivity contribution in [3.05, 3.63) is 72.1 Å². The first-order chi connectivity index (χ1) is 11.1. The minimum absolute atomic E-state index is 0.139. The summed E-state index contributed by atoms with van der Waals surface area (Å²) < 4.78 is 0. The van der Waals surface area contributed by atoms with Crippen LogP contribution in [0, 0.1) is 0 Å². The lowest BCUT2D eigenvalue weighted by atomic mass is 9.89. The molecule has 1 amide bonds. The lowest BCUT2D eigenvalue weighted by Gasteiger charge is -2.25. The maximum absolute atomic E-state index is 12.9. The van der Waals surface area contributed by atoms with Gasteiger partial charge in [-0.2, -0.15) is 4.80 Å². The molecule has 3 N–H and O–H groups in total. The highest BCUT2D eigenvalue weighted by molar-refractivity contribution is 6.00. The average Bonchev–Trinajstić information content (AvgIpc) is 3.02. The van der Waals surface area contributed by atoms with Crippen molar-refractivity contribution in [3.8, 4) is 0 Å². The van der Waals surface area contributed by atoms with Gasteiger partial charge in [0.1, 0.15) is 0 Å². The Morgan fingerprint density at radius 3 is 2.26 bits per heavy atom. The molecule has 116 valence electrons. The van der Waals surface area contributed by atoms with Crippen molar-refractivity contribution in [3.63, 3.8) is 0 Å². The Morgan fingerprint density at radius 1 is 1.09 bits per heavy atom. The number of nitrogens with two attached hydrogens (primary N) is 1. The number of benzene rings is 2. The summed E-state index contributed by atoms with van der Waals surface area (Å²) in [6.07, 6.45) is 0. The van der Waals surface area contributed by atoms with Gasteiger partial charge in [0.25, 0.3) is 5.91 Å². The number of para-hydroxylation sites is 1. The minimum Gasteiger partial charge on any atom is -0.324 e. The van der Waals surface area contributed by atoms with Gasteiger partial charge in [-0.3, -0.25) is 4.79 Å². The molecule has 1 unspecified atom stereocenters. The third kappa shape index (κ3) is 2.82. The van der Waals surface area contributed by atoms with E-state index in [2.05, 4.69) is 20.7 Å². The molecule has 0 aliphatic heterocycles. The predicted octanol–water partition coefficient (Wildman–Crippen LogP) is 1.05. The molecule has 7 nitrogen and oxygen atoms in total. The minimum atomic E-state index is -1.54. The van der Waals surface area contributed by atoms with Gasteiger partial charge in [0.15, 0.2) is 5.54 Å². The molecule has 0 saturated heterocycles. The van der Waals surface area contributed by atoms with Gasteiger partial charge in [-0.1, -0.05) is 48.5 Å². The summed E-state index contributed by atoms with van der Waals surface area (Å²) in [5.41, 5.74) is 6.15. The molecule has 7 heteroatoms. The van der Waals surface area contributed by atoms with Crippen molar-refractivity contribution >= 4 is 11.6 Å². The van der Waals surface area contributed by atoms with Crippen LogP contribution in [0.1, 0.15) is 11.4 Å². The van der Waals surface area contributed by atoms with Crippen LogP contribution in [0.25, 0.3) is 0 Å². The van der Waals surface area contributed by atoms with Crippen LogP contribution in [-0.2, 0) is 17.4 Å². The standard InChI is InChI=1S/C16H16N6O/c1-22-20-14(19-21-22)16(17,12-8-4-2-5-9-12)15(23)18-13-10-6-3-7-11-13/h2-11H,17H2,1H3,(H,18,23). The highest BCUT2D eigenvalue weighted by atomic mass is 16.2. The number of nitrogens with one attached hydrogen (secondary N) is 1. The number of tetrazole rings is 1. The number of nitrogens with zero attached hydrogens (tertiary/aromatic N) is 4. The number of carbonyl (C=O) groups is 1. The third-order valence-electron chi connectivity index (χ3n) is 3.48. The van der Waals surface area contributed by atoms with Gasteiger partial charge in [0, 0.05) is 5.69 Å². The molecule has 2 aromatic carbocycles. The maximum atomic E-state index is 12.9. The lowest BCUT2D eigenvalue weighted by Crippen LogP contribution is -2.50. The fourth-order valence-corrected chi connectivity index (χ4v) is 2.26. The van der Waals surface area contributed by atoms with Gasteiger partial charge >= 0.3 is 0 Å². The van der Waals surface area contributed by atoms with Crippen LogP contribution < -0.4 is 11.1 Å². The van der Waals surface area contributed by atoms with Crippen molar-refractivity contribution in [1.82, 2.24) is 20.2 Å². The molecule has 0 fully saturated rings. The second-order valence-corrected chi connectivity index (χ2v) is 5.10. The number of hydrogen-bond acceptors (Lipinski definition) is 5. The molecular weight excluding hydrogens is 292 g/mol. The van der Waals surface area contributed by atoms with Crippen LogP contribution in [-0.4, -0.2) is 26.1 Å². The number of amides is 1. The smallest absolute Gasteiger partial charge is 0.257 e. The molecule has 23 heavy (non-hydrogen) atoms. The van der Waals surface area contributed by atoms with Gasteiger partial charge in [-0.05, 0) is 22.9 Å². The highest BCUT2D eigenvalue weighted by Gasteiger charge is 2.42. The van der Waals surface area contributed by atoms with Gasteiger partial charge in [-0.25, -0.2) is 0 Å². The van der Waals surface area contributed by atoms with E-state index in [0.29, 0.717) is 11.3 Å². The van der Waals surface area contributed by atoms with Crippen molar-refractivity contribution in [1.29, 1.82) is 0 Å². The first-order valence-corrected chi connectivity index (χ1v) is 7.06. The second kappa shape index (κ2) is 5.98. The van der Waals surface area contributed by atoms with E-state index >= 15 is 0 Å². The largest absolute Gasteiger partial charge is 0.324 e. The molecule has 3 aromatic rings. The fraction of sp³-hybridized carbons (Fsp3) is 0.125. The van der Waals surface area contributed by atoms with E-state index < -0.39 is 11.4 Å². The second-order valence-electron chi connectivity index (χ2n) is 5.10. The van der Waals surface area contributed by atoms with E-state index in [1.165, 1.54) is 4.80 Å². The van der Waals surface area contributed by atoms with Crippen molar-refractivity contribution in [2.45, 2.75) is 5.54 Å². The summed E-state index contributed by atoms with van der Waals surface area (Å²) in [7, 11) is 1.62. The summed E-state index contributed by atoms with van der Waals surface area (Å²) in [6, 6.07) is 18.1. The molecule has 1 atom stereocenters. The van der Waals surface area contributed by atoms with Gasteiger partial charge in [-0.15, -0.1) is 10.2 Å². The molecule has 0 spiro atoms. The molecular formula is C16H16N6O. The third-order valence-corrected chi connectivity index (χ3v) is 3.48. The maximum Gasteiger partial charge on any atom is 0.257 e. The van der Waals surface area contributed by atoms with Crippen LogP contribution in [0.15, 0.2) is 60.7 Å². The van der Waals surface area contributed by atoms with E-state index in [9.17, 15) is 4.79 Å². The zero-order valence-electron chi connectivity index (χ0n) is 12.5.